The Morgan fingerprint density at radius 2 is 1.92 bits per heavy atom. The number of carbonyl (C=O) groups is 1. The number of carbonyl (C=O) groups excluding carboxylic acids is 1. The molecule has 2 aliphatic carbocycles. The maximum absolute atomic E-state index is 15.3. The number of amides is 1. The number of benzene rings is 1. The number of halogens is 1. The second-order valence-corrected chi connectivity index (χ2v) is 12.9. The molecule has 204 valence electrons. The lowest BCUT2D eigenvalue weighted by molar-refractivity contribution is 0.0937. The Morgan fingerprint density at radius 3 is 2.55 bits per heavy atom. The van der Waals surface area contributed by atoms with Gasteiger partial charge in [-0.25, -0.2) is 4.39 Å². The van der Waals surface area contributed by atoms with Crippen molar-refractivity contribution in [2.75, 3.05) is 38.7 Å². The van der Waals surface area contributed by atoms with Gasteiger partial charge in [0.15, 0.2) is 0 Å². The van der Waals surface area contributed by atoms with E-state index in [2.05, 4.69) is 31.8 Å². The fraction of sp³-hybridized carbons (Fsp3) is 0.586. The van der Waals surface area contributed by atoms with Crippen LogP contribution in [0.4, 0.5) is 10.1 Å². The zero-order valence-electron chi connectivity index (χ0n) is 22.4. The van der Waals surface area contributed by atoms with Crippen molar-refractivity contribution in [3.63, 3.8) is 0 Å². The number of fused-ring (bicyclic) bond motifs is 1. The molecular formula is C29H38FN4O3P. The van der Waals surface area contributed by atoms with Crippen LogP contribution in [0.25, 0.3) is 0 Å². The summed E-state index contributed by atoms with van der Waals surface area (Å²) >= 11 is 0. The molecule has 38 heavy (non-hydrogen) atoms. The summed E-state index contributed by atoms with van der Waals surface area (Å²) in [5.74, 6) is 0.843. The van der Waals surface area contributed by atoms with E-state index in [4.69, 9.17) is 4.74 Å². The van der Waals surface area contributed by atoms with Crippen molar-refractivity contribution in [2.45, 2.75) is 56.4 Å². The van der Waals surface area contributed by atoms with E-state index in [1.165, 1.54) is 0 Å². The van der Waals surface area contributed by atoms with Crippen molar-refractivity contribution >= 4 is 20.8 Å². The van der Waals surface area contributed by atoms with E-state index in [0.717, 1.165) is 32.4 Å². The minimum Gasteiger partial charge on any atom is -0.381 e. The summed E-state index contributed by atoms with van der Waals surface area (Å²) in [4.78, 5) is 29.6. The van der Waals surface area contributed by atoms with Gasteiger partial charge < -0.3 is 24.8 Å². The van der Waals surface area contributed by atoms with E-state index in [0.29, 0.717) is 53.3 Å². The molecule has 7 nitrogen and oxygen atoms in total. The molecule has 0 bridgehead atoms. The number of aromatic nitrogens is 1. The van der Waals surface area contributed by atoms with Crippen molar-refractivity contribution in [2.24, 2.45) is 17.8 Å². The number of hydrogen-bond donors (Lipinski definition) is 2. The largest absolute Gasteiger partial charge is 0.381 e. The number of nitrogens with zero attached hydrogens (tertiary/aromatic N) is 2. The van der Waals surface area contributed by atoms with Crippen molar-refractivity contribution in [3.8, 4) is 0 Å². The molecule has 1 amide bonds. The highest BCUT2D eigenvalue weighted by atomic mass is 31.0. The fourth-order valence-electron chi connectivity index (χ4n) is 6.82. The lowest BCUT2D eigenvalue weighted by atomic mass is 9.91. The SMILES string of the molecule is CC(P)c1cccc([C@@H](C)NC(=O)c2cn(C3(C4CC4)CCOC3)c(=O)cc2NC2C3CN(C)C[C@H]32)c1F. The van der Waals surface area contributed by atoms with Crippen molar-refractivity contribution < 1.29 is 13.9 Å². The second-order valence-electron chi connectivity index (χ2n) is 11.9. The van der Waals surface area contributed by atoms with Crippen molar-refractivity contribution in [3.05, 3.63) is 63.3 Å². The Hall–Kier alpha value is -2.28. The fourth-order valence-corrected chi connectivity index (χ4v) is 7.08. The Kier molecular flexibility index (Phi) is 6.64. The third kappa shape index (κ3) is 4.48. The topological polar surface area (TPSA) is 75.6 Å². The first kappa shape index (κ1) is 26.0. The highest BCUT2D eigenvalue weighted by Crippen LogP contribution is 2.49. The zero-order valence-corrected chi connectivity index (χ0v) is 23.5. The summed E-state index contributed by atoms with van der Waals surface area (Å²) in [6.45, 7) is 6.86. The van der Waals surface area contributed by atoms with Crippen LogP contribution in [0, 0.1) is 23.6 Å². The van der Waals surface area contributed by atoms with Crippen LogP contribution >= 0.6 is 9.24 Å². The van der Waals surface area contributed by atoms with Gasteiger partial charge in [0.25, 0.3) is 11.5 Å². The molecule has 6 rings (SSSR count). The number of anilines is 1. The van der Waals surface area contributed by atoms with Crippen molar-refractivity contribution in [1.82, 2.24) is 14.8 Å². The van der Waals surface area contributed by atoms with E-state index in [9.17, 15) is 9.59 Å². The Morgan fingerprint density at radius 1 is 1.21 bits per heavy atom. The van der Waals surface area contributed by atoms with Gasteiger partial charge in [-0.1, -0.05) is 25.1 Å². The number of likely N-dealkylation sites (tertiary alicyclic amines) is 1. The van der Waals surface area contributed by atoms with Crippen LogP contribution in [0.5, 0.6) is 0 Å². The predicted octanol–water partition coefficient (Wildman–Crippen LogP) is 3.91. The molecule has 3 heterocycles. The first-order valence-corrected chi connectivity index (χ1v) is 14.5. The average molecular weight is 541 g/mol. The van der Waals surface area contributed by atoms with Gasteiger partial charge in [-0.3, -0.25) is 9.59 Å². The zero-order chi connectivity index (χ0) is 26.8. The van der Waals surface area contributed by atoms with Gasteiger partial charge in [0, 0.05) is 43.6 Å². The minimum absolute atomic E-state index is 0.0403. The third-order valence-corrected chi connectivity index (χ3v) is 9.57. The molecule has 1 aromatic carbocycles. The lowest BCUT2D eigenvalue weighted by Crippen LogP contribution is -2.44. The molecule has 2 aliphatic heterocycles. The molecule has 2 N–H and O–H groups in total. The van der Waals surface area contributed by atoms with E-state index < -0.39 is 11.6 Å². The molecule has 1 aromatic heterocycles. The summed E-state index contributed by atoms with van der Waals surface area (Å²) in [5.41, 5.74) is 1.50. The molecule has 0 spiro atoms. The summed E-state index contributed by atoms with van der Waals surface area (Å²) in [6, 6.07) is 6.63. The van der Waals surface area contributed by atoms with Crippen LogP contribution in [0.2, 0.25) is 0 Å². The number of ether oxygens (including phenoxy) is 1. The predicted molar refractivity (Wildman–Crippen MR) is 149 cm³/mol. The molecule has 2 aromatic rings. The van der Waals surface area contributed by atoms with Gasteiger partial charge in [-0.15, -0.1) is 9.24 Å². The van der Waals surface area contributed by atoms with Crippen molar-refractivity contribution in [1.29, 1.82) is 0 Å². The van der Waals surface area contributed by atoms with Gasteiger partial charge in [0.1, 0.15) is 5.82 Å². The van der Waals surface area contributed by atoms with Crippen LogP contribution in [0.15, 0.2) is 35.3 Å². The first-order chi connectivity index (χ1) is 18.2. The molecule has 4 fully saturated rings. The molecule has 4 aliphatic rings. The molecule has 9 heteroatoms. The van der Waals surface area contributed by atoms with E-state index in [1.54, 1.807) is 35.9 Å². The second kappa shape index (κ2) is 9.72. The normalized spacial score (nSPS) is 30.1. The molecule has 0 radical (unpaired) electrons. The summed E-state index contributed by atoms with van der Waals surface area (Å²) in [6.07, 6.45) is 4.64. The Balaban J connectivity index is 1.33. The van der Waals surface area contributed by atoms with Crippen LogP contribution in [0.1, 0.15) is 66.3 Å². The Labute approximate surface area is 225 Å². The standard InChI is InChI=1S/C29H38FN4O3P/c1-16(19-5-4-6-20(17(2)38)26(19)30)31-28(36)23-14-34(29(18-7-8-18)9-10-37-15-29)25(35)11-24(23)32-27-21-12-33(3)13-22(21)27/h4-6,11,14,16-18,21-22,27,32H,7-10,12-13,15,38H2,1-3H3,(H,31,36)/t16-,17?,21-,22?,27?,29?/m1/s1. The monoisotopic (exact) mass is 540 g/mol. The van der Waals surface area contributed by atoms with E-state index >= 15 is 4.39 Å². The highest BCUT2D eigenvalue weighted by Gasteiger charge is 2.55. The van der Waals surface area contributed by atoms with E-state index in [1.807, 2.05) is 13.0 Å². The smallest absolute Gasteiger partial charge is 0.255 e. The summed E-state index contributed by atoms with van der Waals surface area (Å²) < 4.78 is 22.8. The molecule has 7 atom stereocenters. The van der Waals surface area contributed by atoms with Gasteiger partial charge in [0.2, 0.25) is 0 Å². The van der Waals surface area contributed by atoms with Gasteiger partial charge >= 0.3 is 0 Å². The summed E-state index contributed by atoms with van der Waals surface area (Å²) in [5, 5.41) is 6.57. The van der Waals surface area contributed by atoms with Crippen LogP contribution in [-0.4, -0.2) is 54.8 Å². The average Bonchev–Trinajstić information content (AvgIpc) is 3.72. The first-order valence-electron chi connectivity index (χ1n) is 13.8. The molecular weight excluding hydrogens is 502 g/mol. The molecule has 2 saturated carbocycles. The van der Waals surface area contributed by atoms with E-state index in [-0.39, 0.29) is 29.0 Å². The number of pyridine rings is 1. The lowest BCUT2D eigenvalue weighted by Gasteiger charge is -2.31. The number of rotatable bonds is 8. The molecule has 5 unspecified atom stereocenters. The van der Waals surface area contributed by atoms with Crippen LogP contribution in [0.3, 0.4) is 0 Å². The highest BCUT2D eigenvalue weighted by molar-refractivity contribution is 7.17. The quantitative estimate of drug-likeness (QED) is 0.497. The summed E-state index contributed by atoms with van der Waals surface area (Å²) in [7, 11) is 4.75. The number of hydrogen-bond acceptors (Lipinski definition) is 5. The number of piperidine rings is 1. The Bertz CT molecular complexity index is 1290. The van der Waals surface area contributed by atoms with Gasteiger partial charge in [0.05, 0.1) is 29.4 Å². The van der Waals surface area contributed by atoms with Crippen LogP contribution in [-0.2, 0) is 10.3 Å². The van der Waals surface area contributed by atoms with Gasteiger partial charge in [-0.05, 0) is 62.2 Å². The maximum Gasteiger partial charge on any atom is 0.255 e. The third-order valence-electron chi connectivity index (χ3n) is 9.21. The molecule has 2 saturated heterocycles. The van der Waals surface area contributed by atoms with Gasteiger partial charge in [-0.2, -0.15) is 0 Å². The van der Waals surface area contributed by atoms with Crippen LogP contribution < -0.4 is 16.2 Å². The minimum atomic E-state index is -0.541. The number of nitrogens with one attached hydrogen (secondary N) is 2. The maximum atomic E-state index is 15.3.